The number of ether oxygens (including phenoxy) is 1. The maximum atomic E-state index is 12.2. The monoisotopic (exact) mass is 386 g/mol. The quantitative estimate of drug-likeness (QED) is 0.678. The fourth-order valence-electron chi connectivity index (χ4n) is 3.14. The van der Waals surface area contributed by atoms with Crippen LogP contribution >= 0.6 is 0 Å². The molecule has 1 aromatic heterocycles. The van der Waals surface area contributed by atoms with Crippen LogP contribution in [0.1, 0.15) is 36.3 Å². The number of aromatic nitrogens is 1. The van der Waals surface area contributed by atoms with Gasteiger partial charge >= 0.3 is 6.03 Å². The van der Waals surface area contributed by atoms with E-state index in [1.54, 1.807) is 24.3 Å². The van der Waals surface area contributed by atoms with Gasteiger partial charge in [-0.1, -0.05) is 5.16 Å². The normalized spacial score (nSPS) is 16.0. The molecule has 2 aromatic rings. The second-order valence-corrected chi connectivity index (χ2v) is 6.90. The molecule has 8 heteroatoms. The van der Waals surface area contributed by atoms with Gasteiger partial charge in [-0.05, 0) is 57.4 Å². The molecule has 1 unspecified atom stereocenters. The molecule has 0 saturated carbocycles. The number of rotatable bonds is 7. The number of hydrogen-bond donors (Lipinski definition) is 3. The summed E-state index contributed by atoms with van der Waals surface area (Å²) in [6, 6.07) is 6.73. The van der Waals surface area contributed by atoms with Crippen LogP contribution in [-0.4, -0.2) is 36.4 Å². The Balaban J connectivity index is 1.42. The average molecular weight is 386 g/mol. The van der Waals surface area contributed by atoms with E-state index in [4.69, 9.17) is 9.26 Å². The first-order valence-corrected chi connectivity index (χ1v) is 9.49. The molecule has 1 aliphatic heterocycles. The highest BCUT2D eigenvalue weighted by molar-refractivity contribution is 5.92. The summed E-state index contributed by atoms with van der Waals surface area (Å²) in [5.41, 5.74) is 3.12. The fraction of sp³-hybridized carbons (Fsp3) is 0.450. The van der Waals surface area contributed by atoms with Crippen LogP contribution in [0.3, 0.4) is 0 Å². The van der Waals surface area contributed by atoms with Crippen molar-refractivity contribution in [2.75, 3.05) is 23.8 Å². The first-order valence-electron chi connectivity index (χ1n) is 9.49. The summed E-state index contributed by atoms with van der Waals surface area (Å²) in [6.07, 6.45) is 3.05. The van der Waals surface area contributed by atoms with E-state index in [0.717, 1.165) is 36.5 Å². The molecule has 3 N–H and O–H groups in total. The third-order valence-corrected chi connectivity index (χ3v) is 4.72. The van der Waals surface area contributed by atoms with E-state index in [9.17, 15) is 9.59 Å². The molecular weight excluding hydrogens is 360 g/mol. The van der Waals surface area contributed by atoms with Gasteiger partial charge in [0.1, 0.15) is 5.76 Å². The van der Waals surface area contributed by atoms with Crippen LogP contribution in [0, 0.1) is 13.8 Å². The van der Waals surface area contributed by atoms with E-state index in [0.29, 0.717) is 30.8 Å². The Morgan fingerprint density at radius 2 is 1.86 bits per heavy atom. The Bertz CT molecular complexity index is 791. The van der Waals surface area contributed by atoms with E-state index in [2.05, 4.69) is 21.1 Å². The van der Waals surface area contributed by atoms with E-state index in [1.165, 1.54) is 0 Å². The van der Waals surface area contributed by atoms with Crippen molar-refractivity contribution in [3.8, 4) is 0 Å². The summed E-state index contributed by atoms with van der Waals surface area (Å²) in [5.74, 6) is 0.661. The molecule has 1 saturated heterocycles. The van der Waals surface area contributed by atoms with Gasteiger partial charge in [-0.3, -0.25) is 4.79 Å². The molecule has 0 bridgehead atoms. The predicted octanol–water partition coefficient (Wildman–Crippen LogP) is 3.16. The highest BCUT2D eigenvalue weighted by Gasteiger charge is 2.16. The number of hydrogen-bond acceptors (Lipinski definition) is 5. The van der Waals surface area contributed by atoms with Crippen LogP contribution in [0.4, 0.5) is 16.2 Å². The summed E-state index contributed by atoms with van der Waals surface area (Å²) in [7, 11) is 0. The van der Waals surface area contributed by atoms with Crippen molar-refractivity contribution in [2.45, 2.75) is 45.6 Å². The van der Waals surface area contributed by atoms with E-state index in [-0.39, 0.29) is 18.0 Å². The fourth-order valence-corrected chi connectivity index (χ4v) is 3.14. The zero-order chi connectivity index (χ0) is 19.9. The molecule has 0 aliphatic carbocycles. The van der Waals surface area contributed by atoms with Crippen molar-refractivity contribution in [3.05, 3.63) is 41.3 Å². The maximum absolute atomic E-state index is 12.2. The Hall–Kier alpha value is -2.87. The van der Waals surface area contributed by atoms with Gasteiger partial charge in [-0.15, -0.1) is 0 Å². The van der Waals surface area contributed by atoms with Crippen LogP contribution in [0.15, 0.2) is 28.8 Å². The molecular formula is C20H26N4O4. The van der Waals surface area contributed by atoms with Crippen LogP contribution in [0.25, 0.3) is 0 Å². The first kappa shape index (κ1) is 19.9. The average Bonchev–Trinajstić information content (AvgIpc) is 3.30. The van der Waals surface area contributed by atoms with E-state index in [1.807, 2.05) is 13.8 Å². The number of carbonyl (C=O) groups is 2. The molecule has 3 rings (SSSR count). The van der Waals surface area contributed by atoms with Gasteiger partial charge < -0.3 is 25.2 Å². The molecule has 28 heavy (non-hydrogen) atoms. The second kappa shape index (κ2) is 9.36. The number of benzene rings is 1. The lowest BCUT2D eigenvalue weighted by Gasteiger charge is -2.12. The highest BCUT2D eigenvalue weighted by Crippen LogP contribution is 2.17. The summed E-state index contributed by atoms with van der Waals surface area (Å²) < 4.78 is 10.6. The zero-order valence-electron chi connectivity index (χ0n) is 16.2. The number of aryl methyl sites for hydroxylation is 2. The lowest BCUT2D eigenvalue weighted by molar-refractivity contribution is -0.116. The number of carbonyl (C=O) groups excluding carboxylic acids is 2. The molecule has 2 heterocycles. The Labute approximate surface area is 164 Å². The van der Waals surface area contributed by atoms with Crippen molar-refractivity contribution in [1.29, 1.82) is 0 Å². The van der Waals surface area contributed by atoms with Crippen LogP contribution in [-0.2, 0) is 16.0 Å². The Kier molecular flexibility index (Phi) is 6.65. The summed E-state index contributed by atoms with van der Waals surface area (Å²) >= 11 is 0. The minimum absolute atomic E-state index is 0.0879. The smallest absolute Gasteiger partial charge is 0.319 e. The maximum Gasteiger partial charge on any atom is 0.319 e. The highest BCUT2D eigenvalue weighted by atomic mass is 16.5. The summed E-state index contributed by atoms with van der Waals surface area (Å²) in [6.45, 7) is 4.98. The van der Waals surface area contributed by atoms with Gasteiger partial charge in [-0.25, -0.2) is 4.79 Å². The Morgan fingerprint density at radius 3 is 2.46 bits per heavy atom. The largest absolute Gasteiger partial charge is 0.376 e. The Morgan fingerprint density at radius 1 is 1.14 bits per heavy atom. The molecule has 8 nitrogen and oxygen atoms in total. The molecule has 0 radical (unpaired) electrons. The number of urea groups is 1. The van der Waals surface area contributed by atoms with Gasteiger partial charge in [0.2, 0.25) is 5.91 Å². The van der Waals surface area contributed by atoms with Crippen molar-refractivity contribution < 1.29 is 18.8 Å². The van der Waals surface area contributed by atoms with Crippen LogP contribution < -0.4 is 16.0 Å². The number of nitrogens with zero attached hydrogens (tertiary/aromatic N) is 1. The zero-order valence-corrected chi connectivity index (χ0v) is 16.2. The molecule has 1 aliphatic rings. The van der Waals surface area contributed by atoms with Crippen molar-refractivity contribution >= 4 is 23.3 Å². The predicted molar refractivity (Wildman–Crippen MR) is 105 cm³/mol. The van der Waals surface area contributed by atoms with Crippen LogP contribution in [0.5, 0.6) is 0 Å². The van der Waals surface area contributed by atoms with Crippen molar-refractivity contribution in [1.82, 2.24) is 10.5 Å². The molecule has 3 amide bonds. The summed E-state index contributed by atoms with van der Waals surface area (Å²) in [5, 5.41) is 12.3. The van der Waals surface area contributed by atoms with Gasteiger partial charge in [0.25, 0.3) is 0 Å². The number of amides is 3. The topological polar surface area (TPSA) is 105 Å². The van der Waals surface area contributed by atoms with E-state index < -0.39 is 0 Å². The summed E-state index contributed by atoms with van der Waals surface area (Å²) in [4.78, 5) is 24.1. The lowest BCUT2D eigenvalue weighted by Crippen LogP contribution is -2.35. The standard InChI is InChI=1S/C20H26N4O4/c1-13-18(14(2)28-24-13)9-10-19(25)22-15-5-7-16(8-6-15)23-20(26)21-12-17-4-3-11-27-17/h5-8,17H,3-4,9-12H2,1-2H3,(H,22,25)(H2,21,23,26). The van der Waals surface area contributed by atoms with Gasteiger partial charge in [0, 0.05) is 36.5 Å². The SMILES string of the molecule is Cc1noc(C)c1CCC(=O)Nc1ccc(NC(=O)NCC2CCCO2)cc1. The van der Waals surface area contributed by atoms with Crippen molar-refractivity contribution in [2.24, 2.45) is 0 Å². The van der Waals surface area contributed by atoms with E-state index >= 15 is 0 Å². The minimum Gasteiger partial charge on any atom is -0.376 e. The molecule has 1 aromatic carbocycles. The first-order chi connectivity index (χ1) is 13.5. The molecule has 150 valence electrons. The van der Waals surface area contributed by atoms with Crippen LogP contribution in [0.2, 0.25) is 0 Å². The second-order valence-electron chi connectivity index (χ2n) is 6.90. The third-order valence-electron chi connectivity index (χ3n) is 4.72. The van der Waals surface area contributed by atoms with Gasteiger partial charge in [0.15, 0.2) is 0 Å². The van der Waals surface area contributed by atoms with Gasteiger partial charge in [-0.2, -0.15) is 0 Å². The number of anilines is 2. The molecule has 1 atom stereocenters. The van der Waals surface area contributed by atoms with Crippen molar-refractivity contribution in [3.63, 3.8) is 0 Å². The minimum atomic E-state index is -0.272. The van der Waals surface area contributed by atoms with Gasteiger partial charge in [0.05, 0.1) is 11.8 Å². The lowest BCUT2D eigenvalue weighted by atomic mass is 10.1. The molecule has 1 fully saturated rings. The third kappa shape index (κ3) is 5.56. The molecule has 0 spiro atoms. The number of nitrogens with one attached hydrogen (secondary N) is 3.